The Labute approximate surface area is 88.4 Å². The van der Waals surface area contributed by atoms with Crippen molar-refractivity contribution < 1.29 is 13.0 Å². The maximum atomic E-state index is 10.5. The molecular weight excluding hydrogens is 262 g/mol. The van der Waals surface area contributed by atoms with E-state index in [9.17, 15) is 8.42 Å². The summed E-state index contributed by atoms with van der Waals surface area (Å²) in [6.45, 7) is 0. The highest BCUT2D eigenvalue weighted by molar-refractivity contribution is 7.85. The van der Waals surface area contributed by atoms with Crippen molar-refractivity contribution in [3.8, 4) is 0 Å². The minimum atomic E-state index is -4.51. The molecule has 0 aliphatic heterocycles. The van der Waals surface area contributed by atoms with Gasteiger partial charge in [0.15, 0.2) is 10.3 Å². The van der Waals surface area contributed by atoms with E-state index in [-0.39, 0.29) is 15.3 Å². The van der Waals surface area contributed by atoms with Crippen LogP contribution in [0.15, 0.2) is 5.16 Å². The third-order valence-corrected chi connectivity index (χ3v) is 2.72. The average molecular weight is 263 g/mol. The Kier molecular flexibility index (Phi) is 2.98. The maximum Gasteiger partial charge on any atom is 0.330 e. The Morgan fingerprint density at radius 1 is 1.08 bits per heavy atom. The van der Waals surface area contributed by atoms with Crippen LogP contribution in [0.3, 0.4) is 0 Å². The molecule has 0 unspecified atom stereocenters. The highest BCUT2D eigenvalue weighted by Crippen LogP contribution is 2.27. The van der Waals surface area contributed by atoms with E-state index in [4.69, 9.17) is 39.4 Å². The molecule has 1 heterocycles. The highest BCUT2D eigenvalue weighted by atomic mass is 35.5. The monoisotopic (exact) mass is 262 g/mol. The van der Waals surface area contributed by atoms with Gasteiger partial charge in [0.1, 0.15) is 5.02 Å². The molecule has 9 heteroatoms. The van der Waals surface area contributed by atoms with E-state index in [1.165, 1.54) is 0 Å². The molecule has 0 aromatic carbocycles. The molecule has 0 aliphatic rings. The summed E-state index contributed by atoms with van der Waals surface area (Å²) in [4.78, 5) is 6.41. The van der Waals surface area contributed by atoms with Gasteiger partial charge in [0.25, 0.3) is 5.16 Å². The van der Waals surface area contributed by atoms with Gasteiger partial charge in [-0.05, 0) is 0 Å². The first kappa shape index (κ1) is 10.9. The fourth-order valence-corrected chi connectivity index (χ4v) is 1.48. The number of hydrogen-bond acceptors (Lipinski definition) is 4. The van der Waals surface area contributed by atoms with Gasteiger partial charge in [-0.25, -0.2) is 9.97 Å². The summed E-state index contributed by atoms with van der Waals surface area (Å²) >= 11 is 16.2. The third kappa shape index (κ3) is 2.41. The third-order valence-electron chi connectivity index (χ3n) is 0.981. The normalized spacial score (nSPS) is 11.7. The molecule has 1 N–H and O–H groups in total. The molecule has 0 bridgehead atoms. The van der Waals surface area contributed by atoms with E-state index < -0.39 is 15.3 Å². The zero-order chi connectivity index (χ0) is 10.2. The lowest BCUT2D eigenvalue weighted by atomic mass is 10.7. The molecular formula is C4HCl3N2O3S. The lowest BCUT2D eigenvalue weighted by Gasteiger charge is -1.99. The fraction of sp³-hybridized carbons (Fsp3) is 0. The highest BCUT2D eigenvalue weighted by Gasteiger charge is 2.18. The van der Waals surface area contributed by atoms with Gasteiger partial charge in [0.2, 0.25) is 0 Å². The molecule has 13 heavy (non-hydrogen) atoms. The predicted octanol–water partition coefficient (Wildman–Crippen LogP) is 1.68. The van der Waals surface area contributed by atoms with Crippen LogP contribution in [0.5, 0.6) is 0 Å². The second kappa shape index (κ2) is 3.55. The van der Waals surface area contributed by atoms with E-state index in [1.807, 2.05) is 0 Å². The largest absolute Gasteiger partial charge is 0.330 e. The average Bonchev–Trinajstić information content (AvgIpc) is 1.97. The van der Waals surface area contributed by atoms with Crippen LogP contribution in [-0.2, 0) is 10.1 Å². The maximum absolute atomic E-state index is 10.5. The molecule has 1 rings (SSSR count). The molecule has 1 aromatic rings. The molecule has 0 saturated carbocycles. The molecule has 0 radical (unpaired) electrons. The summed E-state index contributed by atoms with van der Waals surface area (Å²) < 4.78 is 29.6. The van der Waals surface area contributed by atoms with Crippen LogP contribution in [0.4, 0.5) is 0 Å². The van der Waals surface area contributed by atoms with Crippen LogP contribution in [-0.4, -0.2) is 22.9 Å². The Balaban J connectivity index is 3.47. The van der Waals surface area contributed by atoms with Crippen molar-refractivity contribution in [1.82, 2.24) is 9.97 Å². The molecule has 1 aromatic heterocycles. The standard InChI is InChI=1S/C4HCl3N2O3S/c5-1-2(6)8-4(9-3(1)7)13(10,11)12/h(H,10,11,12). The van der Waals surface area contributed by atoms with E-state index in [0.717, 1.165) is 0 Å². The Morgan fingerprint density at radius 2 is 1.46 bits per heavy atom. The minimum absolute atomic E-state index is 0.171. The molecule has 5 nitrogen and oxygen atoms in total. The molecule has 0 atom stereocenters. The van der Waals surface area contributed by atoms with Gasteiger partial charge in [-0.3, -0.25) is 4.55 Å². The zero-order valence-corrected chi connectivity index (χ0v) is 8.78. The van der Waals surface area contributed by atoms with Crippen molar-refractivity contribution in [2.45, 2.75) is 5.16 Å². The number of halogens is 3. The van der Waals surface area contributed by atoms with Gasteiger partial charge in [-0.15, -0.1) is 0 Å². The Bertz CT molecular complexity index is 423. The van der Waals surface area contributed by atoms with E-state index >= 15 is 0 Å². The second-order valence-corrected chi connectivity index (χ2v) is 4.29. The van der Waals surface area contributed by atoms with E-state index in [1.54, 1.807) is 0 Å². The zero-order valence-electron chi connectivity index (χ0n) is 5.70. The fourth-order valence-electron chi connectivity index (χ4n) is 0.492. The Hall–Kier alpha value is -0.140. The lowest BCUT2D eigenvalue weighted by Crippen LogP contribution is -2.05. The minimum Gasteiger partial charge on any atom is -0.279 e. The lowest BCUT2D eigenvalue weighted by molar-refractivity contribution is 0.474. The SMILES string of the molecule is O=S(=O)(O)c1nc(Cl)c(Cl)c(Cl)n1. The first-order chi connectivity index (χ1) is 5.82. The smallest absolute Gasteiger partial charge is 0.279 e. The summed E-state index contributed by atoms with van der Waals surface area (Å²) in [5.74, 6) is 0. The van der Waals surface area contributed by atoms with Crippen molar-refractivity contribution in [2.75, 3.05) is 0 Å². The van der Waals surface area contributed by atoms with Crippen LogP contribution in [0.2, 0.25) is 15.3 Å². The van der Waals surface area contributed by atoms with E-state index in [0.29, 0.717) is 0 Å². The van der Waals surface area contributed by atoms with Gasteiger partial charge < -0.3 is 0 Å². The van der Waals surface area contributed by atoms with Crippen molar-refractivity contribution in [3.05, 3.63) is 15.3 Å². The van der Waals surface area contributed by atoms with Crippen molar-refractivity contribution in [1.29, 1.82) is 0 Å². The number of rotatable bonds is 1. The van der Waals surface area contributed by atoms with Crippen LogP contribution in [0.1, 0.15) is 0 Å². The van der Waals surface area contributed by atoms with Crippen LogP contribution < -0.4 is 0 Å². The number of aromatic nitrogens is 2. The van der Waals surface area contributed by atoms with Crippen molar-refractivity contribution >= 4 is 44.9 Å². The van der Waals surface area contributed by atoms with E-state index in [2.05, 4.69) is 9.97 Å². The molecule has 0 fully saturated rings. The first-order valence-electron chi connectivity index (χ1n) is 2.68. The number of hydrogen-bond donors (Lipinski definition) is 1. The quantitative estimate of drug-likeness (QED) is 0.474. The summed E-state index contributed by atoms with van der Waals surface area (Å²) in [7, 11) is -4.51. The van der Waals surface area contributed by atoms with Gasteiger partial charge >= 0.3 is 10.1 Å². The molecule has 0 saturated heterocycles. The second-order valence-electron chi connectivity index (χ2n) is 1.88. The van der Waals surface area contributed by atoms with Gasteiger partial charge in [0.05, 0.1) is 0 Å². The van der Waals surface area contributed by atoms with Gasteiger partial charge in [-0.2, -0.15) is 8.42 Å². The summed E-state index contributed by atoms with van der Waals surface area (Å²) in [6.07, 6.45) is 0. The van der Waals surface area contributed by atoms with Crippen molar-refractivity contribution in [3.63, 3.8) is 0 Å². The van der Waals surface area contributed by atoms with Crippen LogP contribution in [0, 0.1) is 0 Å². The molecule has 0 amide bonds. The summed E-state index contributed by atoms with van der Waals surface area (Å²) in [6, 6.07) is 0. The molecule has 0 aliphatic carbocycles. The van der Waals surface area contributed by atoms with Gasteiger partial charge in [0, 0.05) is 0 Å². The predicted molar refractivity (Wildman–Crippen MR) is 46.9 cm³/mol. The van der Waals surface area contributed by atoms with Crippen LogP contribution in [0.25, 0.3) is 0 Å². The number of nitrogens with zero attached hydrogens (tertiary/aromatic N) is 2. The summed E-state index contributed by atoms with van der Waals surface area (Å²) in [5.41, 5.74) is 0. The molecule has 0 spiro atoms. The van der Waals surface area contributed by atoms with Crippen molar-refractivity contribution in [2.24, 2.45) is 0 Å². The van der Waals surface area contributed by atoms with Gasteiger partial charge in [-0.1, -0.05) is 34.8 Å². The van der Waals surface area contributed by atoms with Crippen LogP contribution >= 0.6 is 34.8 Å². The Morgan fingerprint density at radius 3 is 1.77 bits per heavy atom. The molecule has 72 valence electrons. The summed E-state index contributed by atoms with van der Waals surface area (Å²) in [5, 5.41) is -1.73. The topological polar surface area (TPSA) is 80.2 Å². The first-order valence-corrected chi connectivity index (χ1v) is 5.26.